The van der Waals surface area contributed by atoms with Crippen LogP contribution >= 0.6 is 0 Å². The second kappa shape index (κ2) is 5.35. The van der Waals surface area contributed by atoms with E-state index < -0.39 is 18.7 Å². The minimum absolute atomic E-state index is 0.134. The first-order chi connectivity index (χ1) is 7.79. The van der Waals surface area contributed by atoms with Crippen LogP contribution in [0.25, 0.3) is 0 Å². The third-order valence-corrected chi connectivity index (χ3v) is 2.37. The van der Waals surface area contributed by atoms with Crippen molar-refractivity contribution in [3.05, 3.63) is 23.9 Å². The minimum atomic E-state index is -4.16. The molecule has 1 aromatic heterocycles. The molecule has 3 nitrogen and oxygen atoms in total. The average molecular weight is 248 g/mol. The first-order valence-electron chi connectivity index (χ1n) is 5.21. The van der Waals surface area contributed by atoms with Crippen LogP contribution in [0.3, 0.4) is 0 Å². The maximum Gasteiger partial charge on any atom is 0.390 e. The number of alkyl halides is 3. The van der Waals surface area contributed by atoms with Crippen molar-refractivity contribution in [2.75, 3.05) is 18.5 Å². The van der Waals surface area contributed by atoms with E-state index in [0.29, 0.717) is 11.4 Å². The number of pyridine rings is 1. The summed E-state index contributed by atoms with van der Waals surface area (Å²) in [5.74, 6) is 0.457. The van der Waals surface area contributed by atoms with E-state index in [9.17, 15) is 18.3 Å². The van der Waals surface area contributed by atoms with Crippen LogP contribution in [0.2, 0.25) is 0 Å². The number of halogens is 3. The van der Waals surface area contributed by atoms with Gasteiger partial charge in [0.25, 0.3) is 0 Å². The molecule has 96 valence electrons. The Hall–Kier alpha value is -1.30. The summed E-state index contributed by atoms with van der Waals surface area (Å²) in [6.07, 6.45) is -4.20. The van der Waals surface area contributed by atoms with Crippen LogP contribution in [0.5, 0.6) is 0 Å². The van der Waals surface area contributed by atoms with Gasteiger partial charge in [-0.05, 0) is 18.6 Å². The molecule has 0 spiro atoms. The van der Waals surface area contributed by atoms with Crippen LogP contribution in [-0.2, 0) is 0 Å². The summed E-state index contributed by atoms with van der Waals surface area (Å²) in [6.45, 7) is 1.47. The number of aliphatic hydroxyl groups excluding tert-OH is 1. The summed E-state index contributed by atoms with van der Waals surface area (Å²) in [5.41, 5.74) is 0.637. The fraction of sp³-hybridized carbons (Fsp3) is 0.545. The Morgan fingerprint density at radius 1 is 1.41 bits per heavy atom. The molecular weight excluding hydrogens is 233 g/mol. The van der Waals surface area contributed by atoms with E-state index in [0.717, 1.165) is 0 Å². The van der Waals surface area contributed by atoms with E-state index in [1.807, 2.05) is 0 Å². The summed E-state index contributed by atoms with van der Waals surface area (Å²) < 4.78 is 36.1. The fourth-order valence-corrected chi connectivity index (χ4v) is 1.28. The van der Waals surface area contributed by atoms with E-state index in [-0.39, 0.29) is 6.54 Å². The molecular formula is C11H15F3N2O. The van der Waals surface area contributed by atoms with Gasteiger partial charge in [0.05, 0.1) is 12.5 Å². The van der Waals surface area contributed by atoms with Gasteiger partial charge in [-0.15, -0.1) is 0 Å². The van der Waals surface area contributed by atoms with Gasteiger partial charge in [0, 0.05) is 19.8 Å². The number of aromatic nitrogens is 1. The fourth-order valence-electron chi connectivity index (χ4n) is 1.28. The van der Waals surface area contributed by atoms with Crippen molar-refractivity contribution in [2.45, 2.75) is 25.6 Å². The standard InChI is InChI=1S/C11H15F3N2O/c1-8(17)9-3-4-10(15-7-9)16(2)6-5-11(12,13)14/h3-4,7-8,17H,5-6H2,1-2H3/t8-/m1/s1. The molecule has 1 N–H and O–H groups in total. The Morgan fingerprint density at radius 2 is 2.06 bits per heavy atom. The molecule has 1 heterocycles. The summed E-state index contributed by atoms with van der Waals surface area (Å²) in [7, 11) is 1.55. The molecule has 0 amide bonds. The predicted octanol–water partition coefficient (Wildman–Crippen LogP) is 2.52. The molecule has 0 saturated heterocycles. The molecule has 0 fully saturated rings. The first-order valence-corrected chi connectivity index (χ1v) is 5.21. The van der Waals surface area contributed by atoms with Gasteiger partial charge in [-0.25, -0.2) is 4.98 Å². The van der Waals surface area contributed by atoms with Gasteiger partial charge >= 0.3 is 6.18 Å². The second-order valence-corrected chi connectivity index (χ2v) is 3.91. The molecule has 0 radical (unpaired) electrons. The maximum atomic E-state index is 12.0. The molecule has 0 saturated carbocycles. The zero-order valence-electron chi connectivity index (χ0n) is 9.70. The molecule has 0 bridgehead atoms. The Bertz CT molecular complexity index is 349. The average Bonchev–Trinajstić information content (AvgIpc) is 2.25. The summed E-state index contributed by atoms with van der Waals surface area (Å²) in [4.78, 5) is 5.43. The molecule has 0 unspecified atom stereocenters. The van der Waals surface area contributed by atoms with Crippen LogP contribution in [0.4, 0.5) is 19.0 Å². The zero-order chi connectivity index (χ0) is 13.1. The Kier molecular flexibility index (Phi) is 4.34. The number of aliphatic hydroxyl groups is 1. The van der Waals surface area contributed by atoms with E-state index in [2.05, 4.69) is 4.98 Å². The molecule has 0 aliphatic heterocycles. The van der Waals surface area contributed by atoms with Crippen molar-refractivity contribution >= 4 is 5.82 Å². The van der Waals surface area contributed by atoms with Gasteiger partial charge in [-0.1, -0.05) is 6.07 Å². The van der Waals surface area contributed by atoms with Gasteiger partial charge in [0.2, 0.25) is 0 Å². The van der Waals surface area contributed by atoms with E-state index >= 15 is 0 Å². The van der Waals surface area contributed by atoms with Gasteiger partial charge in [0.1, 0.15) is 5.82 Å². The van der Waals surface area contributed by atoms with Crippen LogP contribution in [-0.4, -0.2) is 29.9 Å². The number of hydrogen-bond donors (Lipinski definition) is 1. The number of rotatable bonds is 4. The van der Waals surface area contributed by atoms with Crippen LogP contribution in [0.1, 0.15) is 25.0 Å². The Balaban J connectivity index is 2.60. The third-order valence-electron chi connectivity index (χ3n) is 2.37. The highest BCUT2D eigenvalue weighted by atomic mass is 19.4. The highest BCUT2D eigenvalue weighted by Gasteiger charge is 2.27. The third kappa shape index (κ3) is 4.60. The van der Waals surface area contributed by atoms with Crippen LogP contribution < -0.4 is 4.90 Å². The van der Waals surface area contributed by atoms with Crippen molar-refractivity contribution in [1.29, 1.82) is 0 Å². The highest BCUT2D eigenvalue weighted by molar-refractivity contribution is 5.38. The molecule has 1 rings (SSSR count). The topological polar surface area (TPSA) is 36.4 Å². The monoisotopic (exact) mass is 248 g/mol. The van der Waals surface area contributed by atoms with Crippen molar-refractivity contribution < 1.29 is 18.3 Å². The highest BCUT2D eigenvalue weighted by Crippen LogP contribution is 2.21. The normalized spacial score (nSPS) is 13.5. The van der Waals surface area contributed by atoms with E-state index in [1.165, 1.54) is 11.1 Å². The van der Waals surface area contributed by atoms with Crippen molar-refractivity contribution in [3.63, 3.8) is 0 Å². The number of hydrogen-bond acceptors (Lipinski definition) is 3. The predicted molar refractivity (Wildman–Crippen MR) is 58.8 cm³/mol. The molecule has 1 aromatic rings. The molecule has 0 aromatic carbocycles. The lowest BCUT2D eigenvalue weighted by Crippen LogP contribution is -2.24. The molecule has 1 atom stereocenters. The van der Waals surface area contributed by atoms with Crippen LogP contribution in [0.15, 0.2) is 18.3 Å². The van der Waals surface area contributed by atoms with Crippen molar-refractivity contribution in [3.8, 4) is 0 Å². The largest absolute Gasteiger partial charge is 0.390 e. The zero-order valence-corrected chi connectivity index (χ0v) is 9.70. The molecule has 6 heteroatoms. The lowest BCUT2D eigenvalue weighted by molar-refractivity contribution is -0.132. The van der Waals surface area contributed by atoms with Gasteiger partial charge < -0.3 is 10.0 Å². The summed E-state index contributed by atoms with van der Waals surface area (Å²) in [6, 6.07) is 3.25. The maximum absolute atomic E-state index is 12.0. The first kappa shape index (κ1) is 13.8. The molecule has 0 aliphatic carbocycles. The van der Waals surface area contributed by atoms with E-state index in [1.54, 1.807) is 26.1 Å². The van der Waals surface area contributed by atoms with Gasteiger partial charge in [0.15, 0.2) is 0 Å². The quantitative estimate of drug-likeness (QED) is 0.889. The number of nitrogens with zero attached hydrogens (tertiary/aromatic N) is 2. The SMILES string of the molecule is C[C@@H](O)c1ccc(N(C)CCC(F)(F)F)nc1. The minimum Gasteiger partial charge on any atom is -0.389 e. The van der Waals surface area contributed by atoms with Crippen LogP contribution in [0, 0.1) is 0 Å². The lowest BCUT2D eigenvalue weighted by Gasteiger charge is -2.19. The Labute approximate surface area is 97.9 Å². The smallest absolute Gasteiger partial charge is 0.389 e. The Morgan fingerprint density at radius 3 is 2.47 bits per heavy atom. The second-order valence-electron chi connectivity index (χ2n) is 3.91. The van der Waals surface area contributed by atoms with Gasteiger partial charge in [-0.2, -0.15) is 13.2 Å². The van der Waals surface area contributed by atoms with Crippen molar-refractivity contribution in [1.82, 2.24) is 4.98 Å². The lowest BCUT2D eigenvalue weighted by atomic mass is 10.2. The molecule has 17 heavy (non-hydrogen) atoms. The molecule has 0 aliphatic rings. The summed E-state index contributed by atoms with van der Waals surface area (Å²) >= 11 is 0. The van der Waals surface area contributed by atoms with E-state index in [4.69, 9.17) is 0 Å². The number of anilines is 1. The summed E-state index contributed by atoms with van der Waals surface area (Å²) in [5, 5.41) is 9.26. The van der Waals surface area contributed by atoms with Crippen molar-refractivity contribution in [2.24, 2.45) is 0 Å². The van der Waals surface area contributed by atoms with Gasteiger partial charge in [-0.3, -0.25) is 0 Å².